The number of ketones is 1. The van der Waals surface area contributed by atoms with E-state index in [4.69, 9.17) is 4.74 Å². The van der Waals surface area contributed by atoms with E-state index in [-0.39, 0.29) is 30.0 Å². The third kappa shape index (κ3) is 7.88. The number of hydrogen-bond donors (Lipinski definition) is 1. The van der Waals surface area contributed by atoms with Crippen LogP contribution >= 0.6 is 11.3 Å². The maximum absolute atomic E-state index is 13.0. The summed E-state index contributed by atoms with van der Waals surface area (Å²) >= 11 is 1.23. The first-order valence-electron chi connectivity index (χ1n) is 12.4. The van der Waals surface area contributed by atoms with E-state index in [9.17, 15) is 22.8 Å². The van der Waals surface area contributed by atoms with Crippen molar-refractivity contribution in [3.05, 3.63) is 75.6 Å². The smallest absolute Gasteiger partial charge is 0.373 e. The average molecular weight is 572 g/mol. The highest BCUT2D eigenvalue weighted by atomic mass is 32.1. The van der Waals surface area contributed by atoms with Gasteiger partial charge >= 0.3 is 12.2 Å². The van der Waals surface area contributed by atoms with E-state index in [2.05, 4.69) is 27.1 Å². The predicted octanol–water partition coefficient (Wildman–Crippen LogP) is 4.48. The number of likely N-dealkylation sites (N-methyl/N-ethyl adjacent to an activating group) is 1. The van der Waals surface area contributed by atoms with Gasteiger partial charge in [-0.2, -0.15) is 13.2 Å². The van der Waals surface area contributed by atoms with Gasteiger partial charge in [-0.1, -0.05) is 29.4 Å². The van der Waals surface area contributed by atoms with E-state index < -0.39 is 11.7 Å². The minimum atomic E-state index is -4.51. The van der Waals surface area contributed by atoms with Crippen molar-refractivity contribution in [1.29, 1.82) is 0 Å². The van der Waals surface area contributed by atoms with Crippen LogP contribution in [0.4, 0.5) is 23.1 Å². The number of halogens is 3. The average Bonchev–Trinajstić information content (AvgIpc) is 3.34. The van der Waals surface area contributed by atoms with E-state index in [1.165, 1.54) is 11.3 Å². The first kappa shape index (κ1) is 29.2. The second-order valence-electron chi connectivity index (χ2n) is 9.57. The molecule has 1 unspecified atom stereocenters. The molecular weight excluding hydrogens is 543 g/mol. The number of Topliss-reactive ketones (excluding diaryl/α,β-unsaturated/α-hetero) is 1. The van der Waals surface area contributed by atoms with Crippen LogP contribution in [0, 0.1) is 18.8 Å². The van der Waals surface area contributed by atoms with Crippen molar-refractivity contribution in [1.82, 2.24) is 19.8 Å². The fourth-order valence-corrected chi connectivity index (χ4v) is 4.72. The highest BCUT2D eigenvalue weighted by molar-refractivity contribution is 7.16. The van der Waals surface area contributed by atoms with Gasteiger partial charge < -0.3 is 14.5 Å². The Hall–Kier alpha value is -3.79. The van der Waals surface area contributed by atoms with Crippen molar-refractivity contribution in [3.63, 3.8) is 0 Å². The molecular formula is C28H28F3N5O3S. The number of pyridine rings is 1. The highest BCUT2D eigenvalue weighted by Crippen LogP contribution is 2.29. The van der Waals surface area contributed by atoms with Crippen LogP contribution in [0.3, 0.4) is 0 Å². The van der Waals surface area contributed by atoms with Crippen LogP contribution in [0.5, 0.6) is 0 Å². The number of rotatable bonds is 6. The van der Waals surface area contributed by atoms with Crippen LogP contribution in [0.1, 0.15) is 37.6 Å². The molecule has 2 amide bonds. The van der Waals surface area contributed by atoms with E-state index >= 15 is 0 Å². The molecule has 3 heterocycles. The number of anilines is 1. The number of thiazole rings is 1. The van der Waals surface area contributed by atoms with E-state index in [0.717, 1.165) is 30.4 Å². The molecule has 40 heavy (non-hydrogen) atoms. The van der Waals surface area contributed by atoms with Crippen molar-refractivity contribution in [2.24, 2.45) is 0 Å². The first-order valence-corrected chi connectivity index (χ1v) is 13.3. The lowest BCUT2D eigenvalue weighted by atomic mass is 10.00. The third-order valence-corrected chi connectivity index (χ3v) is 6.91. The summed E-state index contributed by atoms with van der Waals surface area (Å²) in [6, 6.07) is 6.47. The topological polar surface area (TPSA) is 87.7 Å². The molecule has 1 aromatic carbocycles. The number of nitrogens with one attached hydrogen (secondary N) is 1. The number of amides is 2. The molecule has 0 spiro atoms. The lowest BCUT2D eigenvalue weighted by Crippen LogP contribution is -2.50. The summed E-state index contributed by atoms with van der Waals surface area (Å²) in [5.74, 6) is 5.67. The third-order valence-electron chi connectivity index (χ3n) is 6.08. The van der Waals surface area contributed by atoms with Gasteiger partial charge in [0.15, 0.2) is 10.9 Å². The van der Waals surface area contributed by atoms with E-state index in [0.29, 0.717) is 40.8 Å². The molecule has 1 N–H and O–H groups in total. The number of aryl methyl sites for hydroxylation is 1. The molecule has 3 aromatic rings. The van der Waals surface area contributed by atoms with Gasteiger partial charge in [-0.25, -0.2) is 9.78 Å². The first-order chi connectivity index (χ1) is 19.0. The monoisotopic (exact) mass is 571 g/mol. The molecule has 1 atom stereocenters. The van der Waals surface area contributed by atoms with Crippen molar-refractivity contribution in [2.75, 3.05) is 45.7 Å². The molecule has 1 aliphatic rings. The lowest BCUT2D eigenvalue weighted by Gasteiger charge is -2.33. The number of aromatic nitrogens is 2. The molecule has 0 aliphatic carbocycles. The zero-order valence-electron chi connectivity index (χ0n) is 22.2. The summed E-state index contributed by atoms with van der Waals surface area (Å²) in [5.41, 5.74) is 0.947. The van der Waals surface area contributed by atoms with Crippen LogP contribution in [0.25, 0.3) is 0 Å². The zero-order valence-corrected chi connectivity index (χ0v) is 23.0. The summed E-state index contributed by atoms with van der Waals surface area (Å²) in [4.78, 5) is 38.0. The second-order valence-corrected chi connectivity index (χ2v) is 10.6. The number of ether oxygens (including phenoxy) is 1. The van der Waals surface area contributed by atoms with Gasteiger partial charge in [-0.15, -0.1) is 0 Å². The number of morpholine rings is 1. The highest BCUT2D eigenvalue weighted by Gasteiger charge is 2.31. The van der Waals surface area contributed by atoms with Crippen molar-refractivity contribution < 1.29 is 27.5 Å². The predicted molar refractivity (Wildman–Crippen MR) is 145 cm³/mol. The van der Waals surface area contributed by atoms with Gasteiger partial charge in [0.25, 0.3) is 0 Å². The second kappa shape index (κ2) is 12.6. The van der Waals surface area contributed by atoms with Gasteiger partial charge in [-0.3, -0.25) is 15.1 Å². The summed E-state index contributed by atoms with van der Waals surface area (Å²) in [6.45, 7) is 4.01. The Morgan fingerprint density at radius 2 is 2.00 bits per heavy atom. The fourth-order valence-electron chi connectivity index (χ4n) is 4.06. The maximum Gasteiger partial charge on any atom is 0.416 e. The molecule has 2 aromatic heterocycles. The van der Waals surface area contributed by atoms with Gasteiger partial charge in [-0.05, 0) is 50.7 Å². The summed E-state index contributed by atoms with van der Waals surface area (Å²) in [5, 5.41) is 3.23. The fraction of sp³-hybridized carbons (Fsp3) is 0.357. The molecule has 1 saturated heterocycles. The number of nitrogens with zero attached hydrogens (tertiary/aromatic N) is 4. The Kier molecular flexibility index (Phi) is 9.19. The Balaban J connectivity index is 1.40. The Bertz CT molecular complexity index is 1440. The zero-order chi connectivity index (χ0) is 28.9. The van der Waals surface area contributed by atoms with Crippen LogP contribution < -0.4 is 5.32 Å². The van der Waals surface area contributed by atoms with Gasteiger partial charge in [0, 0.05) is 42.7 Å². The minimum absolute atomic E-state index is 0.0394. The van der Waals surface area contributed by atoms with E-state index in [1.807, 2.05) is 25.9 Å². The van der Waals surface area contributed by atoms with E-state index in [1.54, 1.807) is 29.3 Å². The number of alkyl halides is 3. The number of hydrogen-bond acceptors (Lipinski definition) is 7. The SMILES string of the molecule is Cc1ccc(C(=O)Cc2cc(C(F)(F)F)ccn2)cc1C#Cc1cnc(NC(=O)N2CCOC(CN(C)C)C2)s1. The Morgan fingerprint density at radius 3 is 2.75 bits per heavy atom. The normalized spacial score (nSPS) is 15.5. The molecule has 4 rings (SSSR count). The molecule has 1 fully saturated rings. The quantitative estimate of drug-likeness (QED) is 0.347. The molecule has 0 saturated carbocycles. The molecule has 8 nitrogen and oxygen atoms in total. The number of carbonyl (C=O) groups is 2. The van der Waals surface area contributed by atoms with Crippen molar-refractivity contribution >= 4 is 28.3 Å². The van der Waals surface area contributed by atoms with Gasteiger partial charge in [0.05, 0.1) is 35.8 Å². The summed E-state index contributed by atoms with van der Waals surface area (Å²) < 4.78 is 44.7. The maximum atomic E-state index is 13.0. The summed E-state index contributed by atoms with van der Waals surface area (Å²) in [7, 11) is 3.91. The van der Waals surface area contributed by atoms with Crippen LogP contribution in [-0.4, -0.2) is 78.0 Å². The molecule has 1 aliphatic heterocycles. The minimum Gasteiger partial charge on any atom is -0.373 e. The largest absolute Gasteiger partial charge is 0.416 e. The molecule has 0 bridgehead atoms. The Labute approximate surface area is 234 Å². The van der Waals surface area contributed by atoms with Gasteiger partial charge in [0.1, 0.15) is 0 Å². The lowest BCUT2D eigenvalue weighted by molar-refractivity contribution is -0.137. The van der Waals surface area contributed by atoms with Crippen LogP contribution in [0.15, 0.2) is 42.7 Å². The Morgan fingerprint density at radius 1 is 1.20 bits per heavy atom. The van der Waals surface area contributed by atoms with Gasteiger partial charge in [0.2, 0.25) is 0 Å². The number of benzene rings is 1. The van der Waals surface area contributed by atoms with Crippen LogP contribution in [0.2, 0.25) is 0 Å². The van der Waals surface area contributed by atoms with Crippen molar-refractivity contribution in [3.8, 4) is 11.8 Å². The van der Waals surface area contributed by atoms with Crippen LogP contribution in [-0.2, 0) is 17.3 Å². The molecule has 210 valence electrons. The number of carbonyl (C=O) groups excluding carboxylic acids is 2. The van der Waals surface area contributed by atoms with Crippen molar-refractivity contribution in [2.45, 2.75) is 25.6 Å². The number of urea groups is 1. The standard InChI is InChI=1S/C28H28F3N5O3S/c1-18-4-5-20(25(37)14-22-13-21(8-9-32-22)28(29,30)31)12-19(18)6-7-24-15-33-26(40-24)34-27(38)36-10-11-39-23(17-36)16-35(2)3/h4-5,8-9,12-13,15,23H,10-11,14,16-17H2,1-3H3,(H,33,34,38). The summed E-state index contributed by atoms with van der Waals surface area (Å²) in [6.07, 6.45) is -2.22. The molecule has 0 radical (unpaired) electrons. The molecule has 12 heteroatoms.